The predicted molar refractivity (Wildman–Crippen MR) is 92.8 cm³/mol. The molecule has 2 aromatic carbocycles. The number of nitro benzene ring substituents is 1. The van der Waals surface area contributed by atoms with Crippen molar-refractivity contribution in [3.05, 3.63) is 63.7 Å². The minimum absolute atomic E-state index is 0.0118. The van der Waals surface area contributed by atoms with E-state index in [1.54, 1.807) is 13.0 Å². The van der Waals surface area contributed by atoms with Crippen LogP contribution in [-0.2, 0) is 16.3 Å². The Morgan fingerprint density at radius 2 is 1.88 bits per heavy atom. The lowest BCUT2D eigenvalue weighted by Gasteiger charge is -2.21. The summed E-state index contributed by atoms with van der Waals surface area (Å²) < 4.78 is 11.1. The maximum absolute atomic E-state index is 10.9. The van der Waals surface area contributed by atoms with E-state index in [2.05, 4.69) is 0 Å². The first-order valence-corrected chi connectivity index (χ1v) is 9.35. The second kappa shape index (κ2) is 7.09. The Balaban J connectivity index is 2.34. The van der Waals surface area contributed by atoms with Crippen molar-refractivity contribution >= 4 is 35.3 Å². The van der Waals surface area contributed by atoms with Gasteiger partial charge in [0, 0.05) is 24.0 Å². The quantitative estimate of drug-likeness (QED) is 0.475. The highest BCUT2D eigenvalue weighted by molar-refractivity contribution is 8.13. The molecule has 0 radical (unpaired) electrons. The maximum Gasteiger partial charge on any atom is 0.335 e. The van der Waals surface area contributed by atoms with Crippen LogP contribution >= 0.6 is 6.49 Å². The second-order valence-electron chi connectivity index (χ2n) is 4.83. The third-order valence-electron chi connectivity index (χ3n) is 3.26. The molecule has 0 aliphatic carbocycles. The van der Waals surface area contributed by atoms with Gasteiger partial charge in [-0.1, -0.05) is 0 Å². The summed E-state index contributed by atoms with van der Waals surface area (Å²) in [6.45, 7) is -1.32. The highest BCUT2D eigenvalue weighted by atomic mass is 32.5. The lowest BCUT2D eigenvalue weighted by Crippen LogP contribution is -2.12. The van der Waals surface area contributed by atoms with Gasteiger partial charge in [-0.2, -0.15) is 0 Å². The van der Waals surface area contributed by atoms with E-state index in [0.29, 0.717) is 16.6 Å². The van der Waals surface area contributed by atoms with Gasteiger partial charge in [-0.25, -0.2) is 4.79 Å². The Morgan fingerprint density at radius 1 is 1.25 bits per heavy atom. The fourth-order valence-corrected chi connectivity index (χ4v) is 4.01. The van der Waals surface area contributed by atoms with E-state index in [-0.39, 0.29) is 11.3 Å². The predicted octanol–water partition coefficient (Wildman–Crippen LogP) is 3.26. The molecule has 0 aliphatic rings. The number of nitro groups is 1. The van der Waals surface area contributed by atoms with E-state index in [9.17, 15) is 14.9 Å². The first kappa shape index (κ1) is 18.1. The van der Waals surface area contributed by atoms with Gasteiger partial charge in [0.2, 0.25) is 0 Å². The summed E-state index contributed by atoms with van der Waals surface area (Å²) in [5.74, 6) is -0.681. The molecule has 0 spiro atoms. The molecule has 9 heteroatoms. The average molecular weight is 367 g/mol. The van der Waals surface area contributed by atoms with Crippen molar-refractivity contribution in [1.82, 2.24) is 0 Å². The van der Waals surface area contributed by atoms with E-state index in [1.807, 2.05) is 0 Å². The normalized spacial score (nSPS) is 13.1. The Bertz CT molecular complexity index is 836. The molecule has 2 rings (SSSR count). The smallest absolute Gasteiger partial charge is 0.335 e. The third kappa shape index (κ3) is 3.79. The van der Waals surface area contributed by atoms with Crippen molar-refractivity contribution in [2.45, 2.75) is 6.92 Å². The highest BCUT2D eigenvalue weighted by Gasteiger charge is 2.24. The van der Waals surface area contributed by atoms with Gasteiger partial charge in [-0.3, -0.25) is 10.1 Å². The maximum atomic E-state index is 10.9. The van der Waals surface area contributed by atoms with Crippen LogP contribution < -0.4 is 9.83 Å². The molecule has 0 heterocycles. The van der Waals surface area contributed by atoms with Crippen LogP contribution in [0, 0.1) is 17.0 Å². The van der Waals surface area contributed by atoms with Crippen molar-refractivity contribution in [1.29, 1.82) is 0 Å². The molecule has 0 aromatic heterocycles. The first-order chi connectivity index (χ1) is 11.3. The number of carboxylic acid groups (broad SMARTS) is 1. The van der Waals surface area contributed by atoms with Gasteiger partial charge in [-0.05, 0) is 55.1 Å². The summed E-state index contributed by atoms with van der Waals surface area (Å²) in [4.78, 5) is 21.3. The summed E-state index contributed by atoms with van der Waals surface area (Å²) in [5.41, 5.74) is 0.565. The van der Waals surface area contributed by atoms with E-state index in [4.69, 9.17) is 26.0 Å². The van der Waals surface area contributed by atoms with E-state index in [1.165, 1.54) is 43.5 Å². The molecule has 1 N–H and O–H groups in total. The zero-order chi connectivity index (χ0) is 17.9. The van der Waals surface area contributed by atoms with Crippen LogP contribution in [0.4, 0.5) is 5.69 Å². The lowest BCUT2D eigenvalue weighted by atomic mass is 10.2. The zero-order valence-corrected chi connectivity index (χ0v) is 14.5. The van der Waals surface area contributed by atoms with Crippen molar-refractivity contribution in [2.24, 2.45) is 0 Å². The van der Waals surface area contributed by atoms with Crippen LogP contribution in [0.1, 0.15) is 15.9 Å². The van der Waals surface area contributed by atoms with E-state index < -0.39 is 17.4 Å². The Kier molecular flexibility index (Phi) is 5.33. The summed E-state index contributed by atoms with van der Waals surface area (Å²) in [6, 6.07) is 10.2. The Labute approximate surface area is 143 Å². The van der Waals surface area contributed by atoms with Gasteiger partial charge in [0.25, 0.3) is 12.2 Å². The fraction of sp³-hybridized carbons (Fsp3) is 0.133. The molecule has 0 fully saturated rings. The van der Waals surface area contributed by atoms with Crippen LogP contribution in [0.15, 0.2) is 42.5 Å². The van der Waals surface area contributed by atoms with Crippen LogP contribution in [-0.4, -0.2) is 23.1 Å². The number of hydrogen-bond acceptors (Lipinski definition) is 6. The molecule has 0 aliphatic heterocycles. The molecule has 0 saturated heterocycles. The molecule has 2 aromatic rings. The van der Waals surface area contributed by atoms with Crippen molar-refractivity contribution in [3.8, 4) is 5.75 Å². The minimum Gasteiger partial charge on any atom is -0.478 e. The Morgan fingerprint density at radius 3 is 2.33 bits per heavy atom. The summed E-state index contributed by atoms with van der Waals surface area (Å²) in [7, 11) is 1.41. The SMILES string of the molecule is COP(=S)(Oc1ccc(C(=O)O)cc1)c1ccc([N+](=O)[O-])c(C)c1. The van der Waals surface area contributed by atoms with Crippen molar-refractivity contribution in [2.75, 3.05) is 7.11 Å². The summed E-state index contributed by atoms with van der Waals surface area (Å²) in [5, 5.41) is 20.3. The van der Waals surface area contributed by atoms with Gasteiger partial charge in [-0.15, -0.1) is 0 Å². The zero-order valence-electron chi connectivity index (χ0n) is 12.8. The molecule has 1 atom stereocenters. The van der Waals surface area contributed by atoms with Crippen LogP contribution in [0.25, 0.3) is 0 Å². The van der Waals surface area contributed by atoms with Gasteiger partial charge < -0.3 is 14.2 Å². The first-order valence-electron chi connectivity index (χ1n) is 6.71. The monoisotopic (exact) mass is 367 g/mol. The van der Waals surface area contributed by atoms with Gasteiger partial charge in [0.15, 0.2) is 0 Å². The molecule has 24 heavy (non-hydrogen) atoms. The van der Waals surface area contributed by atoms with E-state index in [0.717, 1.165) is 0 Å². The fourth-order valence-electron chi connectivity index (χ4n) is 2.01. The number of carboxylic acids is 1. The second-order valence-corrected chi connectivity index (χ2v) is 8.33. The molecular formula is C15H14NO6PS. The molecule has 7 nitrogen and oxygen atoms in total. The van der Waals surface area contributed by atoms with Crippen molar-refractivity contribution < 1.29 is 23.9 Å². The van der Waals surface area contributed by atoms with Gasteiger partial charge in [0.1, 0.15) is 5.75 Å². The van der Waals surface area contributed by atoms with Crippen LogP contribution in [0.5, 0.6) is 5.75 Å². The number of rotatable bonds is 6. The van der Waals surface area contributed by atoms with Crippen LogP contribution in [0.3, 0.4) is 0 Å². The standard InChI is InChI=1S/C15H14NO6PS/c1-10-9-13(7-8-14(10)16(19)20)23(24,21-2)22-12-5-3-11(4-6-12)15(17)18/h3-9H,1-2H3,(H,17,18). The number of aromatic carboxylic acids is 1. The summed E-state index contributed by atoms with van der Waals surface area (Å²) >= 11 is 5.49. The van der Waals surface area contributed by atoms with Crippen LogP contribution in [0.2, 0.25) is 0 Å². The average Bonchev–Trinajstić information content (AvgIpc) is 2.54. The number of hydrogen-bond donors (Lipinski definition) is 1. The molecule has 0 saturated carbocycles. The number of carbonyl (C=O) groups is 1. The molecular weight excluding hydrogens is 353 g/mol. The van der Waals surface area contributed by atoms with Crippen molar-refractivity contribution in [3.63, 3.8) is 0 Å². The third-order valence-corrected chi connectivity index (χ3v) is 6.41. The molecule has 1 unspecified atom stereocenters. The number of nitrogens with zero attached hydrogens (tertiary/aromatic N) is 1. The molecule has 0 amide bonds. The number of benzene rings is 2. The Hall–Kier alpha value is -2.28. The minimum atomic E-state index is -2.93. The van der Waals surface area contributed by atoms with Gasteiger partial charge in [0.05, 0.1) is 10.5 Å². The highest BCUT2D eigenvalue weighted by Crippen LogP contribution is 2.47. The topological polar surface area (TPSA) is 98.9 Å². The molecule has 0 bridgehead atoms. The van der Waals surface area contributed by atoms with E-state index >= 15 is 0 Å². The van der Waals surface area contributed by atoms with Gasteiger partial charge >= 0.3 is 5.97 Å². The largest absolute Gasteiger partial charge is 0.478 e. The number of aryl methyl sites for hydroxylation is 1. The molecule has 126 valence electrons. The summed E-state index contributed by atoms with van der Waals surface area (Å²) in [6.07, 6.45) is 0. The lowest BCUT2D eigenvalue weighted by molar-refractivity contribution is -0.385.